The van der Waals surface area contributed by atoms with E-state index in [1.807, 2.05) is 24.9 Å². The fourth-order valence-corrected chi connectivity index (χ4v) is 3.98. The Bertz CT molecular complexity index is 361. The lowest BCUT2D eigenvalue weighted by molar-refractivity contribution is 0.623. The van der Waals surface area contributed by atoms with Gasteiger partial charge in [-0.2, -0.15) is 0 Å². The first kappa shape index (κ1) is 13.3. The number of rotatable bonds is 5. The van der Waals surface area contributed by atoms with E-state index in [0.29, 0.717) is 0 Å². The molecule has 0 amide bonds. The molecule has 0 spiro atoms. The summed E-state index contributed by atoms with van der Waals surface area (Å²) in [6, 6.07) is 6.23. The van der Waals surface area contributed by atoms with Gasteiger partial charge in [0.25, 0.3) is 0 Å². The summed E-state index contributed by atoms with van der Waals surface area (Å²) in [5, 5.41) is 4.08. The maximum absolute atomic E-state index is 6.25. The van der Waals surface area contributed by atoms with Gasteiger partial charge in [0.05, 0.1) is 0 Å². The van der Waals surface area contributed by atoms with Crippen LogP contribution < -0.4 is 5.32 Å². The van der Waals surface area contributed by atoms with Crippen molar-refractivity contribution < 1.29 is 0 Å². The van der Waals surface area contributed by atoms with Crippen LogP contribution in [0.1, 0.15) is 31.2 Å². The number of hydrogen-bond donors (Lipinski definition) is 1. The highest BCUT2D eigenvalue weighted by atomic mass is 35.5. The zero-order valence-corrected chi connectivity index (χ0v) is 11.9. The van der Waals surface area contributed by atoms with Gasteiger partial charge in [0.1, 0.15) is 0 Å². The second kappa shape index (κ2) is 6.67. The number of halogens is 1. The predicted octanol–water partition coefficient (Wildman–Crippen LogP) is 4.34. The van der Waals surface area contributed by atoms with Gasteiger partial charge < -0.3 is 5.32 Å². The largest absolute Gasteiger partial charge is 0.316 e. The van der Waals surface area contributed by atoms with Gasteiger partial charge in [-0.1, -0.05) is 30.5 Å². The van der Waals surface area contributed by atoms with Crippen molar-refractivity contribution in [2.45, 2.75) is 37.1 Å². The molecule has 1 saturated carbocycles. The van der Waals surface area contributed by atoms with Gasteiger partial charge in [-0.25, -0.2) is 0 Å². The van der Waals surface area contributed by atoms with E-state index in [0.717, 1.165) is 17.5 Å². The summed E-state index contributed by atoms with van der Waals surface area (Å²) in [5.41, 5.74) is 1.25. The zero-order valence-electron chi connectivity index (χ0n) is 10.3. The number of hydrogen-bond acceptors (Lipinski definition) is 2. The Hall–Kier alpha value is -0.180. The SMILES string of the molecule is CNCc1c(Cl)cccc1SCC1CCCC1. The molecule has 1 aliphatic carbocycles. The molecule has 0 saturated heterocycles. The normalized spacial score (nSPS) is 16.6. The predicted molar refractivity (Wildman–Crippen MR) is 76.9 cm³/mol. The van der Waals surface area contributed by atoms with Crippen molar-refractivity contribution in [1.29, 1.82) is 0 Å². The second-order valence-corrected chi connectivity index (χ2v) is 6.18. The monoisotopic (exact) mass is 269 g/mol. The van der Waals surface area contributed by atoms with Crippen LogP contribution in [0.3, 0.4) is 0 Å². The fourth-order valence-electron chi connectivity index (χ4n) is 2.41. The molecule has 1 N–H and O–H groups in total. The van der Waals surface area contributed by atoms with Crippen LogP contribution in [0.25, 0.3) is 0 Å². The first-order chi connectivity index (χ1) is 8.31. The van der Waals surface area contributed by atoms with Crippen molar-refractivity contribution >= 4 is 23.4 Å². The Labute approximate surface area is 113 Å². The summed E-state index contributed by atoms with van der Waals surface area (Å²) in [4.78, 5) is 1.35. The minimum absolute atomic E-state index is 0.854. The first-order valence-electron chi connectivity index (χ1n) is 6.36. The molecule has 1 fully saturated rings. The molecule has 0 aromatic heterocycles. The lowest BCUT2D eigenvalue weighted by Crippen LogP contribution is -2.07. The molecule has 3 heteroatoms. The highest BCUT2D eigenvalue weighted by molar-refractivity contribution is 7.99. The third-order valence-electron chi connectivity index (χ3n) is 3.38. The minimum Gasteiger partial charge on any atom is -0.316 e. The molecule has 1 nitrogen and oxygen atoms in total. The Morgan fingerprint density at radius 3 is 2.82 bits per heavy atom. The molecule has 94 valence electrons. The van der Waals surface area contributed by atoms with Crippen molar-refractivity contribution in [3.8, 4) is 0 Å². The van der Waals surface area contributed by atoms with E-state index in [1.54, 1.807) is 0 Å². The smallest absolute Gasteiger partial charge is 0.0462 e. The second-order valence-electron chi connectivity index (χ2n) is 4.71. The third-order valence-corrected chi connectivity index (χ3v) is 5.06. The van der Waals surface area contributed by atoms with Gasteiger partial charge >= 0.3 is 0 Å². The van der Waals surface area contributed by atoms with Crippen LogP contribution in [0, 0.1) is 5.92 Å². The standard InChI is InChI=1S/C14H20ClNS/c1-16-9-12-13(15)7-4-8-14(12)17-10-11-5-2-3-6-11/h4,7-8,11,16H,2-3,5-6,9-10H2,1H3. The van der Waals surface area contributed by atoms with Gasteiger partial charge in [-0.3, -0.25) is 0 Å². The molecule has 0 aliphatic heterocycles. The third kappa shape index (κ3) is 3.64. The van der Waals surface area contributed by atoms with Crippen molar-refractivity contribution in [3.05, 3.63) is 28.8 Å². The van der Waals surface area contributed by atoms with Crippen LogP contribution in [-0.2, 0) is 6.54 Å². The van der Waals surface area contributed by atoms with Crippen LogP contribution >= 0.6 is 23.4 Å². The van der Waals surface area contributed by atoms with Crippen LogP contribution in [0.15, 0.2) is 23.1 Å². The summed E-state index contributed by atoms with van der Waals surface area (Å²) in [7, 11) is 1.97. The Balaban J connectivity index is 2.00. The molecule has 1 aliphatic rings. The van der Waals surface area contributed by atoms with E-state index in [2.05, 4.69) is 17.4 Å². The Morgan fingerprint density at radius 1 is 1.35 bits per heavy atom. The molecule has 0 radical (unpaired) electrons. The van der Waals surface area contributed by atoms with Crippen LogP contribution in [0.2, 0.25) is 5.02 Å². The van der Waals surface area contributed by atoms with E-state index < -0.39 is 0 Å². The summed E-state index contributed by atoms with van der Waals surface area (Å²) < 4.78 is 0. The highest BCUT2D eigenvalue weighted by Crippen LogP contribution is 2.34. The average Bonchev–Trinajstić information content (AvgIpc) is 2.83. The van der Waals surface area contributed by atoms with Crippen molar-refractivity contribution in [2.75, 3.05) is 12.8 Å². The molecule has 0 bridgehead atoms. The van der Waals surface area contributed by atoms with E-state index in [-0.39, 0.29) is 0 Å². The van der Waals surface area contributed by atoms with Gasteiger partial charge in [0.15, 0.2) is 0 Å². The van der Waals surface area contributed by atoms with Gasteiger partial charge in [-0.15, -0.1) is 11.8 Å². The van der Waals surface area contributed by atoms with Gasteiger partial charge in [0.2, 0.25) is 0 Å². The number of thioether (sulfide) groups is 1. The van der Waals surface area contributed by atoms with Crippen LogP contribution in [0.5, 0.6) is 0 Å². The van der Waals surface area contributed by atoms with Gasteiger partial charge in [-0.05, 0) is 43.5 Å². The fraction of sp³-hybridized carbons (Fsp3) is 0.571. The minimum atomic E-state index is 0.854. The molecule has 1 aromatic rings. The topological polar surface area (TPSA) is 12.0 Å². The molecule has 17 heavy (non-hydrogen) atoms. The van der Waals surface area contributed by atoms with Crippen molar-refractivity contribution in [1.82, 2.24) is 5.32 Å². The van der Waals surface area contributed by atoms with Crippen molar-refractivity contribution in [2.24, 2.45) is 5.92 Å². The molecule has 0 atom stereocenters. The van der Waals surface area contributed by atoms with E-state index >= 15 is 0 Å². The number of benzene rings is 1. The molecule has 0 unspecified atom stereocenters. The Morgan fingerprint density at radius 2 is 2.12 bits per heavy atom. The molecular formula is C14H20ClNS. The zero-order chi connectivity index (χ0) is 12.1. The maximum Gasteiger partial charge on any atom is 0.0462 e. The quantitative estimate of drug-likeness (QED) is 0.798. The average molecular weight is 270 g/mol. The highest BCUT2D eigenvalue weighted by Gasteiger charge is 2.16. The summed E-state index contributed by atoms with van der Waals surface area (Å²) in [6.45, 7) is 0.854. The molecule has 2 rings (SSSR count). The van der Waals surface area contributed by atoms with Gasteiger partial charge in [0, 0.05) is 22.2 Å². The summed E-state index contributed by atoms with van der Waals surface area (Å²) >= 11 is 8.22. The lowest BCUT2D eigenvalue weighted by atomic mass is 10.1. The summed E-state index contributed by atoms with van der Waals surface area (Å²) in [5.74, 6) is 2.17. The summed E-state index contributed by atoms with van der Waals surface area (Å²) in [6.07, 6.45) is 5.66. The molecule has 0 heterocycles. The molecular weight excluding hydrogens is 250 g/mol. The maximum atomic E-state index is 6.25. The molecule has 1 aromatic carbocycles. The van der Waals surface area contributed by atoms with E-state index in [9.17, 15) is 0 Å². The lowest BCUT2D eigenvalue weighted by Gasteiger charge is -2.13. The van der Waals surface area contributed by atoms with Crippen LogP contribution in [-0.4, -0.2) is 12.8 Å². The van der Waals surface area contributed by atoms with Crippen molar-refractivity contribution in [3.63, 3.8) is 0 Å². The van der Waals surface area contributed by atoms with Crippen LogP contribution in [0.4, 0.5) is 0 Å². The first-order valence-corrected chi connectivity index (χ1v) is 7.72. The Kier molecular flexibility index (Phi) is 5.20. The van der Waals surface area contributed by atoms with E-state index in [1.165, 1.54) is 41.9 Å². The van der Waals surface area contributed by atoms with E-state index in [4.69, 9.17) is 11.6 Å². The number of nitrogens with one attached hydrogen (secondary N) is 1.